The van der Waals surface area contributed by atoms with Gasteiger partial charge in [0, 0.05) is 12.0 Å². The van der Waals surface area contributed by atoms with Gasteiger partial charge in [0.2, 0.25) is 0 Å². The molecule has 0 amide bonds. The maximum Gasteiger partial charge on any atom is 0.416 e. The summed E-state index contributed by atoms with van der Waals surface area (Å²) in [5.74, 6) is 0. The van der Waals surface area contributed by atoms with Crippen LogP contribution in [0.2, 0.25) is 0 Å². The van der Waals surface area contributed by atoms with E-state index in [1.54, 1.807) is 0 Å². The first-order valence-electron chi connectivity index (χ1n) is 5.80. The molecule has 0 heterocycles. The van der Waals surface area contributed by atoms with Crippen LogP contribution in [0.15, 0.2) is 24.3 Å². The van der Waals surface area contributed by atoms with Crippen LogP contribution in [0.4, 0.5) is 13.2 Å². The van der Waals surface area contributed by atoms with Crippen LogP contribution < -0.4 is 5.73 Å². The summed E-state index contributed by atoms with van der Waals surface area (Å²) < 4.78 is 37.2. The van der Waals surface area contributed by atoms with E-state index >= 15 is 0 Å². The molecule has 1 aromatic rings. The van der Waals surface area contributed by atoms with E-state index in [0.29, 0.717) is 12.0 Å². The molecule has 0 bridgehead atoms. The summed E-state index contributed by atoms with van der Waals surface area (Å²) in [5, 5.41) is 10.2. The van der Waals surface area contributed by atoms with Gasteiger partial charge >= 0.3 is 6.18 Å². The molecule has 2 nitrogen and oxygen atoms in total. The quantitative estimate of drug-likeness (QED) is 0.874. The number of rotatable bonds is 4. The Morgan fingerprint density at radius 3 is 2.06 bits per heavy atom. The highest BCUT2D eigenvalue weighted by Crippen LogP contribution is 2.37. The van der Waals surface area contributed by atoms with Gasteiger partial charge in [-0.2, -0.15) is 13.2 Å². The van der Waals surface area contributed by atoms with E-state index < -0.39 is 23.3 Å². The monoisotopic (exact) mass is 261 g/mol. The Morgan fingerprint density at radius 1 is 1.22 bits per heavy atom. The second kappa shape index (κ2) is 5.28. The molecule has 3 N–H and O–H groups in total. The first-order chi connectivity index (χ1) is 8.24. The summed E-state index contributed by atoms with van der Waals surface area (Å²) in [6, 6.07) is 4.56. The van der Waals surface area contributed by atoms with Gasteiger partial charge in [-0.05, 0) is 24.1 Å². The normalized spacial score (nSPS) is 17.3. The predicted octanol–water partition coefficient (Wildman–Crippen LogP) is 3.11. The lowest BCUT2D eigenvalue weighted by Gasteiger charge is -2.32. The van der Waals surface area contributed by atoms with Gasteiger partial charge in [0.25, 0.3) is 0 Å². The summed E-state index contributed by atoms with van der Waals surface area (Å²) in [5.41, 5.74) is 4.83. The third-order valence-electron chi connectivity index (χ3n) is 3.49. The first-order valence-corrected chi connectivity index (χ1v) is 5.80. The smallest absolute Gasteiger partial charge is 0.388 e. The second-order valence-electron chi connectivity index (χ2n) is 4.73. The number of aliphatic hydroxyl groups excluding tert-OH is 1. The Labute approximate surface area is 105 Å². The largest absolute Gasteiger partial charge is 0.416 e. The lowest BCUT2D eigenvalue weighted by molar-refractivity contribution is -0.137. The number of hydrogen-bond acceptors (Lipinski definition) is 2. The van der Waals surface area contributed by atoms with Crippen LogP contribution in [0, 0.1) is 5.41 Å². The molecule has 2 atom stereocenters. The van der Waals surface area contributed by atoms with E-state index in [-0.39, 0.29) is 6.54 Å². The van der Waals surface area contributed by atoms with Crippen molar-refractivity contribution in [1.29, 1.82) is 0 Å². The molecule has 1 rings (SSSR count). The van der Waals surface area contributed by atoms with E-state index in [2.05, 4.69) is 0 Å². The number of alkyl halides is 3. The lowest BCUT2D eigenvalue weighted by atomic mass is 9.78. The van der Waals surface area contributed by atoms with Crippen LogP contribution in [0.25, 0.3) is 0 Å². The summed E-state index contributed by atoms with van der Waals surface area (Å²) in [6.07, 6.45) is -4.58. The van der Waals surface area contributed by atoms with Gasteiger partial charge in [-0.15, -0.1) is 0 Å². The van der Waals surface area contributed by atoms with Crippen LogP contribution in [0.5, 0.6) is 0 Å². The van der Waals surface area contributed by atoms with Crippen molar-refractivity contribution >= 4 is 0 Å². The van der Waals surface area contributed by atoms with E-state index in [4.69, 9.17) is 5.73 Å². The Balaban J connectivity index is 2.99. The van der Waals surface area contributed by atoms with Crippen LogP contribution in [-0.4, -0.2) is 11.7 Å². The second-order valence-corrected chi connectivity index (χ2v) is 4.73. The van der Waals surface area contributed by atoms with Crippen molar-refractivity contribution in [2.75, 3.05) is 6.54 Å². The summed E-state index contributed by atoms with van der Waals surface area (Å²) in [4.78, 5) is 0. The highest BCUT2D eigenvalue weighted by Gasteiger charge is 2.33. The number of nitrogens with two attached hydrogens (primary N) is 1. The van der Waals surface area contributed by atoms with Gasteiger partial charge in [0.05, 0.1) is 11.7 Å². The summed E-state index contributed by atoms with van der Waals surface area (Å²) in [6.45, 7) is 3.97. The lowest BCUT2D eigenvalue weighted by Crippen LogP contribution is -2.33. The number of hydrogen-bond donors (Lipinski definition) is 2. The fourth-order valence-electron chi connectivity index (χ4n) is 1.71. The average Bonchev–Trinajstić information content (AvgIpc) is 2.36. The molecule has 0 saturated heterocycles. The third kappa shape index (κ3) is 3.03. The van der Waals surface area contributed by atoms with Gasteiger partial charge in [-0.25, -0.2) is 0 Å². The zero-order chi connectivity index (χ0) is 14.0. The Morgan fingerprint density at radius 2 is 1.72 bits per heavy atom. The molecule has 0 aliphatic carbocycles. The van der Waals surface area contributed by atoms with Crippen molar-refractivity contribution in [3.05, 3.63) is 35.4 Å². The van der Waals surface area contributed by atoms with Gasteiger partial charge in [-0.1, -0.05) is 26.0 Å². The molecular weight excluding hydrogens is 243 g/mol. The maximum absolute atomic E-state index is 12.4. The molecule has 0 saturated carbocycles. The Bertz CT molecular complexity index is 382. The number of aliphatic hydroxyl groups is 1. The van der Waals surface area contributed by atoms with Crippen LogP contribution in [0.1, 0.15) is 37.5 Å². The minimum atomic E-state index is -4.36. The third-order valence-corrected chi connectivity index (χ3v) is 3.49. The van der Waals surface area contributed by atoms with Gasteiger partial charge in [0.15, 0.2) is 0 Å². The zero-order valence-electron chi connectivity index (χ0n) is 10.5. The Kier molecular flexibility index (Phi) is 4.40. The highest BCUT2D eigenvalue weighted by molar-refractivity contribution is 5.27. The van der Waals surface area contributed by atoms with Gasteiger partial charge in [0.1, 0.15) is 0 Å². The molecule has 0 fully saturated rings. The van der Waals surface area contributed by atoms with Crippen molar-refractivity contribution in [2.45, 2.75) is 32.5 Å². The number of benzene rings is 1. The molecule has 0 aliphatic rings. The van der Waals surface area contributed by atoms with E-state index in [9.17, 15) is 18.3 Å². The maximum atomic E-state index is 12.4. The summed E-state index contributed by atoms with van der Waals surface area (Å²) in [7, 11) is 0. The van der Waals surface area contributed by atoms with Crippen molar-refractivity contribution in [3.8, 4) is 0 Å². The van der Waals surface area contributed by atoms with Crippen LogP contribution in [-0.2, 0) is 6.18 Å². The molecule has 102 valence electrons. The topological polar surface area (TPSA) is 46.2 Å². The average molecular weight is 261 g/mol. The Hall–Kier alpha value is -1.07. The van der Waals surface area contributed by atoms with E-state index in [0.717, 1.165) is 12.1 Å². The first kappa shape index (κ1) is 15.0. The molecule has 0 spiro atoms. The molecule has 18 heavy (non-hydrogen) atoms. The molecule has 2 unspecified atom stereocenters. The van der Waals surface area contributed by atoms with E-state index in [1.807, 2.05) is 13.8 Å². The molecule has 0 radical (unpaired) electrons. The predicted molar refractivity (Wildman–Crippen MR) is 63.9 cm³/mol. The number of halogens is 3. The van der Waals surface area contributed by atoms with Crippen LogP contribution >= 0.6 is 0 Å². The van der Waals surface area contributed by atoms with Crippen molar-refractivity contribution < 1.29 is 18.3 Å². The minimum absolute atomic E-state index is 0.270. The van der Waals surface area contributed by atoms with Gasteiger partial charge < -0.3 is 10.8 Å². The highest BCUT2D eigenvalue weighted by atomic mass is 19.4. The SMILES string of the molecule is CCC(C)(CN)C(O)c1ccc(C(F)(F)F)cc1. The molecule has 1 aromatic carbocycles. The minimum Gasteiger partial charge on any atom is -0.388 e. The van der Waals surface area contributed by atoms with E-state index in [1.165, 1.54) is 12.1 Å². The van der Waals surface area contributed by atoms with Crippen LogP contribution in [0.3, 0.4) is 0 Å². The fourth-order valence-corrected chi connectivity index (χ4v) is 1.71. The molecule has 0 aromatic heterocycles. The zero-order valence-corrected chi connectivity index (χ0v) is 10.5. The fraction of sp³-hybridized carbons (Fsp3) is 0.538. The standard InChI is InChI=1S/C13H18F3NO/c1-3-12(2,8-17)11(18)9-4-6-10(7-5-9)13(14,15)16/h4-7,11,18H,3,8,17H2,1-2H3. The summed E-state index contributed by atoms with van der Waals surface area (Å²) >= 11 is 0. The molecule has 0 aliphatic heterocycles. The van der Waals surface area contributed by atoms with Crippen molar-refractivity contribution in [1.82, 2.24) is 0 Å². The van der Waals surface area contributed by atoms with Crippen molar-refractivity contribution in [3.63, 3.8) is 0 Å². The van der Waals surface area contributed by atoms with Gasteiger partial charge in [-0.3, -0.25) is 0 Å². The van der Waals surface area contributed by atoms with Crippen molar-refractivity contribution in [2.24, 2.45) is 11.1 Å². The molecular formula is C13H18F3NO. The molecule has 5 heteroatoms.